The molecule has 0 spiro atoms. The summed E-state index contributed by atoms with van der Waals surface area (Å²) in [5, 5.41) is 5.63. The number of nitrogens with two attached hydrogens (primary N) is 2. The quantitative estimate of drug-likeness (QED) is 0.304. The number of fused-ring (bicyclic) bond motifs is 3. The third kappa shape index (κ3) is 4.25. The second-order valence-electron chi connectivity index (χ2n) is 8.91. The van der Waals surface area contributed by atoms with Gasteiger partial charge in [0.05, 0.1) is 21.1 Å². The molecule has 1 fully saturated rings. The molecule has 1 heterocycles. The van der Waals surface area contributed by atoms with Crippen molar-refractivity contribution < 1.29 is 9.59 Å². The molecule has 6 N–H and O–H groups in total. The Balaban J connectivity index is 1.58. The van der Waals surface area contributed by atoms with Gasteiger partial charge < -0.3 is 21.8 Å². The molecule has 0 aliphatic heterocycles. The van der Waals surface area contributed by atoms with Crippen molar-refractivity contribution in [2.45, 2.75) is 37.8 Å². The van der Waals surface area contributed by atoms with E-state index in [1.807, 2.05) is 24.3 Å². The average molecular weight is 495 g/mol. The molecule has 174 valence electrons. The van der Waals surface area contributed by atoms with E-state index in [9.17, 15) is 9.59 Å². The molecule has 2 amide bonds. The first-order valence-electron chi connectivity index (χ1n) is 11.2. The van der Waals surface area contributed by atoms with Gasteiger partial charge in [0.25, 0.3) is 11.8 Å². The Labute approximate surface area is 206 Å². The Kier molecular flexibility index (Phi) is 5.98. The molecule has 4 aromatic rings. The number of hydrogen-bond donors (Lipinski definition) is 4. The second-order valence-corrected chi connectivity index (χ2v) is 9.72. The van der Waals surface area contributed by atoms with Gasteiger partial charge in [0.1, 0.15) is 0 Å². The minimum absolute atomic E-state index is 0.118. The van der Waals surface area contributed by atoms with Gasteiger partial charge in [-0.3, -0.25) is 9.59 Å². The van der Waals surface area contributed by atoms with Crippen LogP contribution >= 0.6 is 23.2 Å². The van der Waals surface area contributed by atoms with Crippen LogP contribution in [-0.4, -0.2) is 28.9 Å². The maximum atomic E-state index is 13.0. The van der Waals surface area contributed by atoms with Crippen LogP contribution in [0.25, 0.3) is 32.9 Å². The van der Waals surface area contributed by atoms with Crippen molar-refractivity contribution in [3.8, 4) is 11.1 Å². The van der Waals surface area contributed by atoms with Crippen LogP contribution in [-0.2, 0) is 0 Å². The van der Waals surface area contributed by atoms with Crippen molar-refractivity contribution in [1.29, 1.82) is 0 Å². The highest BCUT2D eigenvalue weighted by molar-refractivity contribution is 6.42. The lowest BCUT2D eigenvalue weighted by Crippen LogP contribution is -2.40. The summed E-state index contributed by atoms with van der Waals surface area (Å²) in [5.41, 5.74) is 15.6. The Morgan fingerprint density at radius 3 is 2.35 bits per heavy atom. The van der Waals surface area contributed by atoms with E-state index in [1.165, 1.54) is 0 Å². The number of aromatic nitrogens is 1. The van der Waals surface area contributed by atoms with Gasteiger partial charge >= 0.3 is 0 Å². The van der Waals surface area contributed by atoms with E-state index in [0.29, 0.717) is 26.7 Å². The molecule has 8 heteroatoms. The summed E-state index contributed by atoms with van der Waals surface area (Å²) in [7, 11) is 0. The van der Waals surface area contributed by atoms with Crippen molar-refractivity contribution in [2.75, 3.05) is 0 Å². The Bertz CT molecular complexity index is 1440. The third-order valence-electron chi connectivity index (χ3n) is 6.60. The predicted octanol–water partition coefficient (Wildman–Crippen LogP) is 5.39. The second kappa shape index (κ2) is 8.95. The first-order valence-corrected chi connectivity index (χ1v) is 12.0. The predicted molar refractivity (Wildman–Crippen MR) is 137 cm³/mol. The van der Waals surface area contributed by atoms with Crippen molar-refractivity contribution in [3.05, 3.63) is 69.7 Å². The number of H-pyrrole nitrogens is 1. The summed E-state index contributed by atoms with van der Waals surface area (Å²) in [5.74, 6) is -0.667. The molecular weight excluding hydrogens is 471 g/mol. The zero-order chi connectivity index (χ0) is 24.0. The first kappa shape index (κ1) is 22.7. The maximum Gasteiger partial charge on any atom is 0.251 e. The van der Waals surface area contributed by atoms with E-state index in [4.69, 9.17) is 34.7 Å². The molecule has 34 heavy (non-hydrogen) atoms. The average Bonchev–Trinajstić information content (AvgIpc) is 3.19. The van der Waals surface area contributed by atoms with Crippen LogP contribution in [0.5, 0.6) is 0 Å². The van der Waals surface area contributed by atoms with Crippen LogP contribution in [0.1, 0.15) is 46.4 Å². The van der Waals surface area contributed by atoms with E-state index in [0.717, 1.165) is 53.1 Å². The van der Waals surface area contributed by atoms with Crippen LogP contribution in [0.3, 0.4) is 0 Å². The summed E-state index contributed by atoms with van der Waals surface area (Å²) in [4.78, 5) is 28.6. The van der Waals surface area contributed by atoms with Crippen molar-refractivity contribution in [1.82, 2.24) is 10.3 Å². The molecule has 3 aromatic carbocycles. The maximum absolute atomic E-state index is 13.0. The molecule has 0 saturated heterocycles. The lowest BCUT2D eigenvalue weighted by Gasteiger charge is -2.26. The van der Waals surface area contributed by atoms with Gasteiger partial charge in [0.15, 0.2) is 0 Å². The van der Waals surface area contributed by atoms with E-state index < -0.39 is 5.91 Å². The molecule has 5 rings (SSSR count). The molecule has 1 aliphatic rings. The molecule has 0 radical (unpaired) electrons. The fourth-order valence-electron chi connectivity index (χ4n) is 4.71. The number of carbonyl (C=O) groups is 2. The number of aromatic amines is 1. The summed E-state index contributed by atoms with van der Waals surface area (Å²) in [6, 6.07) is 14.8. The zero-order valence-corrected chi connectivity index (χ0v) is 19.8. The van der Waals surface area contributed by atoms with Crippen molar-refractivity contribution in [3.63, 3.8) is 0 Å². The minimum atomic E-state index is -0.549. The topological polar surface area (TPSA) is 114 Å². The Morgan fingerprint density at radius 2 is 1.65 bits per heavy atom. The van der Waals surface area contributed by atoms with Gasteiger partial charge in [-0.1, -0.05) is 29.3 Å². The largest absolute Gasteiger partial charge is 0.366 e. The number of hydrogen-bond acceptors (Lipinski definition) is 3. The smallest absolute Gasteiger partial charge is 0.251 e. The van der Waals surface area contributed by atoms with Gasteiger partial charge in [-0.25, -0.2) is 0 Å². The van der Waals surface area contributed by atoms with Gasteiger partial charge in [-0.15, -0.1) is 0 Å². The highest BCUT2D eigenvalue weighted by Gasteiger charge is 2.21. The van der Waals surface area contributed by atoms with Crippen LogP contribution in [0.4, 0.5) is 0 Å². The van der Waals surface area contributed by atoms with E-state index in [-0.39, 0.29) is 18.0 Å². The van der Waals surface area contributed by atoms with Gasteiger partial charge in [0.2, 0.25) is 0 Å². The van der Waals surface area contributed by atoms with Crippen LogP contribution in [0.2, 0.25) is 10.0 Å². The van der Waals surface area contributed by atoms with Gasteiger partial charge in [0, 0.05) is 33.9 Å². The summed E-state index contributed by atoms with van der Waals surface area (Å²) >= 11 is 12.3. The number of nitrogens with one attached hydrogen (secondary N) is 2. The van der Waals surface area contributed by atoms with Crippen LogP contribution in [0.15, 0.2) is 48.5 Å². The summed E-state index contributed by atoms with van der Waals surface area (Å²) in [6.07, 6.45) is 3.61. The highest BCUT2D eigenvalue weighted by atomic mass is 35.5. The number of halogens is 2. The van der Waals surface area contributed by atoms with Gasteiger partial charge in [-0.2, -0.15) is 0 Å². The Hall–Kier alpha value is -3.06. The van der Waals surface area contributed by atoms with Crippen molar-refractivity contribution >= 4 is 56.8 Å². The molecule has 0 bridgehead atoms. The van der Waals surface area contributed by atoms with Gasteiger partial charge in [-0.05, 0) is 79.3 Å². The molecule has 1 aliphatic carbocycles. The lowest BCUT2D eigenvalue weighted by atomic mass is 9.91. The molecular formula is C26H24Cl2N4O2. The molecule has 6 nitrogen and oxygen atoms in total. The number of amides is 2. The first-order chi connectivity index (χ1) is 16.3. The monoisotopic (exact) mass is 494 g/mol. The van der Waals surface area contributed by atoms with E-state index in [1.54, 1.807) is 24.3 Å². The normalized spacial score (nSPS) is 18.3. The molecule has 1 saturated carbocycles. The zero-order valence-electron chi connectivity index (χ0n) is 18.3. The van der Waals surface area contributed by atoms with E-state index in [2.05, 4.69) is 10.3 Å². The highest BCUT2D eigenvalue weighted by Crippen LogP contribution is 2.35. The number of carbonyl (C=O) groups excluding carboxylic acids is 2. The molecule has 0 atom stereocenters. The molecule has 0 unspecified atom stereocenters. The van der Waals surface area contributed by atoms with E-state index >= 15 is 0 Å². The standard InChI is InChI=1S/C26H24Cl2N4O2/c27-21-7-1-13(12-22(21)28)15-10-19-18-9-14(26(34)31-17-5-3-16(29)4-6-17)2-8-23(18)32-24(19)20(11-15)25(30)33/h1-2,7-12,16-17,32H,3-6,29H2,(H2,30,33)(H,31,34). The molecule has 1 aromatic heterocycles. The SMILES string of the molecule is NC(=O)c1cc(-c2ccc(Cl)c(Cl)c2)cc2c1[nH]c1ccc(C(=O)NC3CCC(N)CC3)cc12. The number of rotatable bonds is 4. The third-order valence-corrected chi connectivity index (χ3v) is 7.33. The lowest BCUT2D eigenvalue weighted by molar-refractivity contribution is 0.0925. The van der Waals surface area contributed by atoms with Crippen molar-refractivity contribution in [2.24, 2.45) is 11.5 Å². The summed E-state index contributed by atoms with van der Waals surface area (Å²) < 4.78 is 0. The summed E-state index contributed by atoms with van der Waals surface area (Å²) in [6.45, 7) is 0. The minimum Gasteiger partial charge on any atom is -0.366 e. The number of primary amides is 1. The van der Waals surface area contributed by atoms with Crippen LogP contribution in [0, 0.1) is 0 Å². The van der Waals surface area contributed by atoms with Crippen LogP contribution < -0.4 is 16.8 Å². The number of benzene rings is 3. The fraction of sp³-hybridized carbons (Fsp3) is 0.231. The fourth-order valence-corrected chi connectivity index (χ4v) is 5.01. The Morgan fingerprint density at radius 1 is 0.882 bits per heavy atom.